The molecule has 0 heterocycles. The largest absolute Gasteiger partial charge is 0.503 e. The van der Waals surface area contributed by atoms with Crippen molar-refractivity contribution in [2.75, 3.05) is 7.11 Å². The fourth-order valence-corrected chi connectivity index (χ4v) is 2.82. The summed E-state index contributed by atoms with van der Waals surface area (Å²) in [5, 5.41) is 22.2. The monoisotopic (exact) mass is 426 g/mol. The van der Waals surface area contributed by atoms with E-state index >= 15 is 0 Å². The zero-order chi connectivity index (χ0) is 22.9. The Morgan fingerprint density at radius 1 is 1.16 bits per heavy atom. The molecule has 0 saturated carbocycles. The molecule has 0 aliphatic heterocycles. The SMILES string of the molecule is COc1ccc([C@H](NC(=O)OC(C)(C)C)[C@H](OCc2ccccc2)/C(O)=C/[N+]#N)cc1. The standard InChI is InChI=1S/C23H27N3O5/c1-23(2,3)31-22(28)26-20(17-10-12-18(29-4)13-11-17)21(19(27)14-25-24)30-15-16-8-6-5-7-9-16/h5-14,20-21H,15H2,1-4H3,(H-,26,27,28)/p+1/b19-14-/t20-,21+/m0/s1. The van der Waals surface area contributed by atoms with Gasteiger partial charge in [-0.2, -0.15) is 0 Å². The fourth-order valence-electron chi connectivity index (χ4n) is 2.82. The molecule has 2 aromatic carbocycles. The number of diazo groups is 1. The minimum absolute atomic E-state index is 0.150. The number of rotatable bonds is 8. The summed E-state index contributed by atoms with van der Waals surface area (Å²) in [4.78, 5) is 15.4. The van der Waals surface area contributed by atoms with Crippen LogP contribution < -0.4 is 10.1 Å². The number of benzene rings is 2. The number of alkyl carbamates (subject to hydrolysis) is 1. The molecule has 0 bridgehead atoms. The lowest BCUT2D eigenvalue weighted by Crippen LogP contribution is -2.41. The number of hydrogen-bond donors (Lipinski definition) is 2. The van der Waals surface area contributed by atoms with Gasteiger partial charge in [0.15, 0.2) is 4.98 Å². The minimum atomic E-state index is -1.06. The first-order valence-electron chi connectivity index (χ1n) is 9.75. The van der Waals surface area contributed by atoms with Crippen LogP contribution in [0.4, 0.5) is 4.79 Å². The molecule has 2 N–H and O–H groups in total. The van der Waals surface area contributed by atoms with Crippen molar-refractivity contribution in [3.63, 3.8) is 0 Å². The van der Waals surface area contributed by atoms with Gasteiger partial charge in [-0.05, 0) is 44.0 Å². The van der Waals surface area contributed by atoms with Crippen LogP contribution >= 0.6 is 0 Å². The molecule has 0 aliphatic rings. The number of amides is 1. The number of ether oxygens (including phenoxy) is 3. The van der Waals surface area contributed by atoms with Crippen LogP contribution in [0.25, 0.3) is 4.98 Å². The Hall–Kier alpha value is -3.57. The van der Waals surface area contributed by atoms with Crippen molar-refractivity contribution in [1.82, 2.24) is 5.32 Å². The number of carbonyl (C=O) groups excluding carboxylic acids is 1. The van der Waals surface area contributed by atoms with E-state index in [1.54, 1.807) is 52.1 Å². The van der Waals surface area contributed by atoms with E-state index in [1.807, 2.05) is 30.3 Å². The fraction of sp³-hybridized carbons (Fsp3) is 0.348. The van der Waals surface area contributed by atoms with Gasteiger partial charge in [0.1, 0.15) is 17.5 Å². The van der Waals surface area contributed by atoms with Gasteiger partial charge in [-0.25, -0.2) is 4.79 Å². The van der Waals surface area contributed by atoms with Gasteiger partial charge in [0, 0.05) is 0 Å². The molecule has 0 spiro atoms. The van der Waals surface area contributed by atoms with Gasteiger partial charge in [-0.3, -0.25) is 0 Å². The summed E-state index contributed by atoms with van der Waals surface area (Å²) in [6.45, 7) is 5.40. The van der Waals surface area contributed by atoms with Crippen molar-refractivity contribution in [3.05, 3.63) is 82.7 Å². The topological polar surface area (TPSA) is 105 Å². The Labute approximate surface area is 182 Å². The molecule has 1 amide bonds. The molecule has 31 heavy (non-hydrogen) atoms. The van der Waals surface area contributed by atoms with Crippen molar-refractivity contribution in [2.45, 2.75) is 45.1 Å². The summed E-state index contributed by atoms with van der Waals surface area (Å²) in [6, 6.07) is 15.4. The molecule has 0 unspecified atom stereocenters. The predicted molar refractivity (Wildman–Crippen MR) is 116 cm³/mol. The van der Waals surface area contributed by atoms with Crippen LogP contribution in [0, 0.1) is 5.39 Å². The van der Waals surface area contributed by atoms with Gasteiger partial charge in [-0.15, -0.1) is 0 Å². The quantitative estimate of drug-likeness (QED) is 0.449. The van der Waals surface area contributed by atoms with Gasteiger partial charge in [0.25, 0.3) is 0 Å². The zero-order valence-corrected chi connectivity index (χ0v) is 18.1. The lowest BCUT2D eigenvalue weighted by atomic mass is 9.99. The van der Waals surface area contributed by atoms with Crippen LogP contribution in [-0.4, -0.2) is 30.0 Å². The molecule has 2 aromatic rings. The second kappa shape index (κ2) is 11.0. The first-order chi connectivity index (χ1) is 14.7. The molecule has 0 aliphatic carbocycles. The highest BCUT2D eigenvalue weighted by molar-refractivity contribution is 5.68. The normalized spacial score (nSPS) is 13.6. The van der Waals surface area contributed by atoms with E-state index in [1.165, 1.54) is 0 Å². The Balaban J connectivity index is 2.38. The minimum Gasteiger partial charge on any atom is -0.503 e. The van der Waals surface area contributed by atoms with Gasteiger partial charge >= 0.3 is 12.3 Å². The summed E-state index contributed by atoms with van der Waals surface area (Å²) in [5.74, 6) is 0.266. The van der Waals surface area contributed by atoms with Gasteiger partial charge in [0.2, 0.25) is 11.2 Å². The van der Waals surface area contributed by atoms with Crippen LogP contribution in [0.1, 0.15) is 37.9 Å². The van der Waals surface area contributed by atoms with E-state index in [2.05, 4.69) is 10.3 Å². The number of aliphatic hydroxyl groups is 1. The molecule has 8 heteroatoms. The summed E-state index contributed by atoms with van der Waals surface area (Å²) >= 11 is 0. The van der Waals surface area contributed by atoms with Crippen molar-refractivity contribution >= 4 is 6.09 Å². The summed E-state index contributed by atoms with van der Waals surface area (Å²) in [7, 11) is 1.55. The Kier molecular flexibility index (Phi) is 8.41. The number of nitrogens with one attached hydrogen (secondary N) is 1. The maximum Gasteiger partial charge on any atom is 0.408 e. The Morgan fingerprint density at radius 3 is 2.35 bits per heavy atom. The van der Waals surface area contributed by atoms with E-state index in [-0.39, 0.29) is 12.4 Å². The van der Waals surface area contributed by atoms with Crippen LogP contribution in [0.2, 0.25) is 0 Å². The molecule has 0 radical (unpaired) electrons. The van der Waals surface area contributed by atoms with E-state index in [0.717, 1.165) is 11.8 Å². The van der Waals surface area contributed by atoms with Crippen LogP contribution in [0.15, 0.2) is 66.6 Å². The number of hydrogen-bond acceptors (Lipinski definition) is 6. The van der Waals surface area contributed by atoms with Crippen molar-refractivity contribution < 1.29 is 24.1 Å². The van der Waals surface area contributed by atoms with E-state index in [4.69, 9.17) is 19.6 Å². The van der Waals surface area contributed by atoms with E-state index in [0.29, 0.717) is 11.3 Å². The lowest BCUT2D eigenvalue weighted by Gasteiger charge is -2.29. The van der Waals surface area contributed by atoms with Gasteiger partial charge in [-0.1, -0.05) is 42.5 Å². The molecule has 0 aromatic heterocycles. The van der Waals surface area contributed by atoms with Crippen molar-refractivity contribution in [1.29, 1.82) is 5.39 Å². The number of carbonyl (C=O) groups is 1. The Morgan fingerprint density at radius 2 is 1.81 bits per heavy atom. The summed E-state index contributed by atoms with van der Waals surface area (Å²) < 4.78 is 16.5. The van der Waals surface area contributed by atoms with Gasteiger partial charge in [0.05, 0.1) is 19.8 Å². The number of aliphatic hydroxyl groups excluding tert-OH is 1. The van der Waals surface area contributed by atoms with Crippen LogP contribution in [0.3, 0.4) is 0 Å². The third kappa shape index (κ3) is 7.64. The first-order valence-corrected chi connectivity index (χ1v) is 9.75. The van der Waals surface area contributed by atoms with E-state index < -0.39 is 23.8 Å². The predicted octanol–water partition coefficient (Wildman–Crippen LogP) is 5.10. The highest BCUT2D eigenvalue weighted by Crippen LogP contribution is 2.27. The smallest absolute Gasteiger partial charge is 0.408 e. The Bertz CT molecular complexity index is 915. The number of methoxy groups -OCH3 is 1. The average molecular weight is 426 g/mol. The molecule has 2 rings (SSSR count). The maximum atomic E-state index is 12.5. The highest BCUT2D eigenvalue weighted by atomic mass is 16.6. The van der Waals surface area contributed by atoms with Crippen molar-refractivity contribution in [3.8, 4) is 5.75 Å². The first kappa shape index (κ1) is 23.7. The molecule has 0 fully saturated rings. The van der Waals surface area contributed by atoms with Crippen LogP contribution in [0.5, 0.6) is 5.75 Å². The highest BCUT2D eigenvalue weighted by Gasteiger charge is 2.33. The summed E-state index contributed by atoms with van der Waals surface area (Å²) in [6.07, 6.45) is -0.879. The van der Waals surface area contributed by atoms with Crippen molar-refractivity contribution in [2.24, 2.45) is 0 Å². The number of nitrogens with zero attached hydrogens (tertiary/aromatic N) is 2. The molecule has 0 saturated heterocycles. The van der Waals surface area contributed by atoms with Crippen LogP contribution in [-0.2, 0) is 16.1 Å². The van der Waals surface area contributed by atoms with E-state index in [9.17, 15) is 9.90 Å². The molecule has 164 valence electrons. The van der Waals surface area contributed by atoms with Gasteiger partial charge < -0.3 is 24.6 Å². The lowest BCUT2D eigenvalue weighted by molar-refractivity contribution is 0.00448. The third-order valence-electron chi connectivity index (χ3n) is 4.20. The summed E-state index contributed by atoms with van der Waals surface area (Å²) in [5.41, 5.74) is 0.780. The molecular weight excluding hydrogens is 398 g/mol. The second-order valence-corrected chi connectivity index (χ2v) is 7.78. The second-order valence-electron chi connectivity index (χ2n) is 7.78. The maximum absolute atomic E-state index is 12.5. The zero-order valence-electron chi connectivity index (χ0n) is 18.1. The third-order valence-corrected chi connectivity index (χ3v) is 4.20. The molecule has 8 nitrogen and oxygen atoms in total. The average Bonchev–Trinajstić information content (AvgIpc) is 2.73. The molecule has 2 atom stereocenters. The molecular formula is C23H28N3O5+.